The first-order chi connectivity index (χ1) is 15.1. The van der Waals surface area contributed by atoms with Gasteiger partial charge in [0.05, 0.1) is 12.2 Å². The third kappa shape index (κ3) is 2.43. The molecule has 2 aromatic carbocycles. The number of nitrogens with zero attached hydrogens (tertiary/aromatic N) is 3. The van der Waals surface area contributed by atoms with Gasteiger partial charge in [-0.05, 0) is 41.6 Å². The van der Waals surface area contributed by atoms with Gasteiger partial charge in [-0.3, -0.25) is 14.3 Å². The molecule has 7 heteroatoms. The molecule has 2 amide bonds. The Morgan fingerprint density at radius 2 is 2.06 bits per heavy atom. The summed E-state index contributed by atoms with van der Waals surface area (Å²) in [6.45, 7) is 0.489. The van der Waals surface area contributed by atoms with Gasteiger partial charge in [-0.2, -0.15) is 5.10 Å². The average molecular weight is 411 g/mol. The maximum absolute atomic E-state index is 13.7. The molecule has 2 aliphatic heterocycles. The van der Waals surface area contributed by atoms with Gasteiger partial charge >= 0.3 is 0 Å². The Bertz CT molecular complexity index is 1350. The minimum atomic E-state index is -0.828. The summed E-state index contributed by atoms with van der Waals surface area (Å²) >= 11 is 0. The van der Waals surface area contributed by atoms with E-state index in [-0.39, 0.29) is 11.8 Å². The molecule has 2 aromatic heterocycles. The number of carbonyl (C=O) groups excluding carboxylic acids is 2. The van der Waals surface area contributed by atoms with E-state index in [0.717, 1.165) is 27.7 Å². The fourth-order valence-electron chi connectivity index (χ4n) is 5.30. The van der Waals surface area contributed by atoms with Crippen LogP contribution >= 0.6 is 0 Å². The molecule has 2 atom stereocenters. The lowest BCUT2D eigenvalue weighted by Gasteiger charge is -2.33. The summed E-state index contributed by atoms with van der Waals surface area (Å²) in [6.07, 6.45) is 6.09. The molecule has 4 heterocycles. The second-order valence-electron chi connectivity index (χ2n) is 8.35. The number of anilines is 1. The molecule has 1 fully saturated rings. The third-order valence-corrected chi connectivity index (χ3v) is 6.69. The van der Waals surface area contributed by atoms with Crippen LogP contribution in [0.4, 0.5) is 5.69 Å². The maximum Gasteiger partial charge on any atom is 0.254 e. The van der Waals surface area contributed by atoms with Gasteiger partial charge in [0.15, 0.2) is 0 Å². The molecule has 2 aliphatic rings. The van der Waals surface area contributed by atoms with E-state index in [0.29, 0.717) is 18.5 Å². The smallest absolute Gasteiger partial charge is 0.254 e. The third-order valence-electron chi connectivity index (χ3n) is 6.69. The van der Waals surface area contributed by atoms with E-state index < -0.39 is 11.5 Å². The van der Waals surface area contributed by atoms with E-state index in [2.05, 4.69) is 15.4 Å². The summed E-state index contributed by atoms with van der Waals surface area (Å²) in [7, 11) is 1.85. The van der Waals surface area contributed by atoms with Gasteiger partial charge in [0.25, 0.3) is 5.91 Å². The summed E-state index contributed by atoms with van der Waals surface area (Å²) in [5, 5.41) is 8.44. The number of likely N-dealkylation sites (tertiary alicyclic amines) is 1. The standard InChI is InChI=1S/C24H21N5O2/c1-28-14-17(13-26-28)21-24(18-4-2-3-5-19(18)27-23(24)31)9-11-29(21)22(30)16-7-6-15-8-10-25-20(15)12-16/h2-8,10,12-14,21,25H,9,11H2,1H3,(H,27,31). The molecular formula is C24H21N5O2. The van der Waals surface area contributed by atoms with E-state index in [1.54, 1.807) is 10.9 Å². The fourth-order valence-corrected chi connectivity index (χ4v) is 5.30. The van der Waals surface area contributed by atoms with E-state index >= 15 is 0 Å². The monoisotopic (exact) mass is 411 g/mol. The molecular weight excluding hydrogens is 390 g/mol. The number of rotatable bonds is 2. The molecule has 31 heavy (non-hydrogen) atoms. The van der Waals surface area contributed by atoms with Crippen molar-refractivity contribution in [3.05, 3.63) is 83.8 Å². The van der Waals surface area contributed by atoms with Crippen molar-refractivity contribution in [3.8, 4) is 0 Å². The Morgan fingerprint density at radius 3 is 2.90 bits per heavy atom. The number of nitrogens with one attached hydrogen (secondary N) is 2. The molecule has 2 unspecified atom stereocenters. The van der Waals surface area contributed by atoms with Crippen molar-refractivity contribution < 1.29 is 9.59 Å². The maximum atomic E-state index is 13.7. The van der Waals surface area contributed by atoms with Crippen LogP contribution in [0.5, 0.6) is 0 Å². The fraction of sp³-hybridized carbons (Fsp3) is 0.208. The first-order valence-electron chi connectivity index (χ1n) is 10.4. The first-order valence-corrected chi connectivity index (χ1v) is 10.4. The predicted molar refractivity (Wildman–Crippen MR) is 117 cm³/mol. The quantitative estimate of drug-likeness (QED) is 0.530. The number of para-hydroxylation sites is 1. The number of H-pyrrole nitrogens is 1. The average Bonchev–Trinajstić information content (AvgIpc) is 3.54. The molecule has 0 bridgehead atoms. The highest BCUT2D eigenvalue weighted by molar-refractivity contribution is 6.08. The predicted octanol–water partition coefficient (Wildman–Crippen LogP) is 3.38. The Kier molecular flexibility index (Phi) is 3.65. The minimum absolute atomic E-state index is 0.0577. The number of hydrogen-bond acceptors (Lipinski definition) is 3. The summed E-state index contributed by atoms with van der Waals surface area (Å²) in [6, 6.07) is 15.0. The molecule has 154 valence electrons. The summed E-state index contributed by atoms with van der Waals surface area (Å²) in [5.74, 6) is -0.142. The zero-order valence-electron chi connectivity index (χ0n) is 17.0. The van der Waals surface area contributed by atoms with Crippen molar-refractivity contribution in [2.45, 2.75) is 17.9 Å². The number of carbonyl (C=O) groups is 2. The molecule has 1 spiro atoms. The van der Waals surface area contributed by atoms with Gasteiger partial charge in [-0.15, -0.1) is 0 Å². The summed E-state index contributed by atoms with van der Waals surface area (Å²) < 4.78 is 1.72. The van der Waals surface area contributed by atoms with Gasteiger partial charge in [0, 0.05) is 48.3 Å². The van der Waals surface area contributed by atoms with Crippen molar-refractivity contribution in [1.82, 2.24) is 19.7 Å². The second-order valence-corrected chi connectivity index (χ2v) is 8.35. The van der Waals surface area contributed by atoms with Crippen molar-refractivity contribution in [1.29, 1.82) is 0 Å². The van der Waals surface area contributed by atoms with Crippen molar-refractivity contribution in [2.24, 2.45) is 7.05 Å². The zero-order chi connectivity index (χ0) is 21.2. The SMILES string of the molecule is Cn1cc(C2N(C(=O)c3ccc4cc[nH]c4c3)CCC23C(=O)Nc2ccccc23)cn1. The van der Waals surface area contributed by atoms with Crippen molar-refractivity contribution in [2.75, 3.05) is 11.9 Å². The number of benzene rings is 2. The van der Waals surface area contributed by atoms with Crippen LogP contribution in [0, 0.1) is 0 Å². The van der Waals surface area contributed by atoms with Gasteiger partial charge in [-0.25, -0.2) is 0 Å². The minimum Gasteiger partial charge on any atom is -0.361 e. The number of hydrogen-bond donors (Lipinski definition) is 2. The lowest BCUT2D eigenvalue weighted by Crippen LogP contribution is -2.42. The molecule has 0 saturated carbocycles. The van der Waals surface area contributed by atoms with Crippen LogP contribution in [-0.2, 0) is 17.3 Å². The molecule has 7 nitrogen and oxygen atoms in total. The summed E-state index contributed by atoms with van der Waals surface area (Å²) in [4.78, 5) is 32.1. The Balaban J connectivity index is 1.50. The van der Waals surface area contributed by atoms with Gasteiger partial charge in [0.1, 0.15) is 5.41 Å². The van der Waals surface area contributed by atoms with Crippen LogP contribution in [0.25, 0.3) is 10.9 Å². The van der Waals surface area contributed by atoms with Crippen LogP contribution in [0.1, 0.15) is 33.9 Å². The Labute approximate surface area is 178 Å². The summed E-state index contributed by atoms with van der Waals surface area (Å²) in [5.41, 5.74) is 3.33. The molecule has 0 aliphatic carbocycles. The Hall–Kier alpha value is -3.87. The van der Waals surface area contributed by atoms with Crippen LogP contribution < -0.4 is 5.32 Å². The van der Waals surface area contributed by atoms with Crippen molar-refractivity contribution >= 4 is 28.4 Å². The Morgan fingerprint density at radius 1 is 1.19 bits per heavy atom. The van der Waals surface area contributed by atoms with Gasteiger partial charge < -0.3 is 15.2 Å². The van der Waals surface area contributed by atoms with Crippen molar-refractivity contribution in [3.63, 3.8) is 0 Å². The highest BCUT2D eigenvalue weighted by Gasteiger charge is 2.59. The van der Waals surface area contributed by atoms with Crippen LogP contribution in [0.15, 0.2) is 67.1 Å². The molecule has 2 N–H and O–H groups in total. The number of aromatic amines is 1. The largest absolute Gasteiger partial charge is 0.361 e. The van der Waals surface area contributed by atoms with E-state index in [9.17, 15) is 9.59 Å². The van der Waals surface area contributed by atoms with Gasteiger partial charge in [0.2, 0.25) is 5.91 Å². The number of aryl methyl sites for hydroxylation is 1. The van der Waals surface area contributed by atoms with Crippen LogP contribution in [-0.4, -0.2) is 38.0 Å². The molecule has 4 aromatic rings. The van der Waals surface area contributed by atoms with E-state index in [1.807, 2.05) is 72.9 Å². The topological polar surface area (TPSA) is 83.0 Å². The number of aromatic nitrogens is 3. The van der Waals surface area contributed by atoms with E-state index in [1.165, 1.54) is 0 Å². The second kappa shape index (κ2) is 6.31. The number of amides is 2. The lowest BCUT2D eigenvalue weighted by atomic mass is 9.73. The normalized spacial score (nSPS) is 22.3. The van der Waals surface area contributed by atoms with Crippen LogP contribution in [0.3, 0.4) is 0 Å². The van der Waals surface area contributed by atoms with Crippen LogP contribution in [0.2, 0.25) is 0 Å². The molecule has 0 radical (unpaired) electrons. The molecule has 6 rings (SSSR count). The lowest BCUT2D eigenvalue weighted by molar-refractivity contribution is -0.121. The van der Waals surface area contributed by atoms with E-state index in [4.69, 9.17) is 0 Å². The first kappa shape index (κ1) is 17.9. The highest BCUT2D eigenvalue weighted by Crippen LogP contribution is 2.54. The van der Waals surface area contributed by atoms with Gasteiger partial charge in [-0.1, -0.05) is 24.3 Å². The molecule has 1 saturated heterocycles. The highest BCUT2D eigenvalue weighted by atomic mass is 16.2. The zero-order valence-corrected chi connectivity index (χ0v) is 17.0. The number of fused-ring (bicyclic) bond motifs is 3.